The number of hydrogen-bond acceptors (Lipinski definition) is 1. The van der Waals surface area contributed by atoms with E-state index in [0.717, 1.165) is 0 Å². The Balaban J connectivity index is 2.17. The molecule has 1 atom stereocenters. The number of aromatic nitrogens is 1. The van der Waals surface area contributed by atoms with E-state index in [1.54, 1.807) is 0 Å². The minimum Gasteiger partial charge on any atom is -0.348 e. The van der Waals surface area contributed by atoms with Gasteiger partial charge in [0.05, 0.1) is 0 Å². The molecule has 0 amide bonds. The molecule has 0 saturated heterocycles. The molecular weight excluding hydrogens is 208 g/mol. The summed E-state index contributed by atoms with van der Waals surface area (Å²) in [6.07, 6.45) is 3.94. The molecule has 0 aliphatic heterocycles. The third-order valence-electron chi connectivity index (χ3n) is 4.44. The van der Waals surface area contributed by atoms with Crippen LogP contribution < -0.4 is 5.73 Å². The average Bonchev–Trinajstić information content (AvgIpc) is 2.50. The molecule has 2 heteroatoms. The van der Waals surface area contributed by atoms with Crippen molar-refractivity contribution in [3.8, 4) is 0 Å². The quantitative estimate of drug-likeness (QED) is 0.840. The van der Waals surface area contributed by atoms with Gasteiger partial charge in [0.25, 0.3) is 0 Å². The Morgan fingerprint density at radius 1 is 1.29 bits per heavy atom. The Morgan fingerprint density at radius 3 is 2.65 bits per heavy atom. The van der Waals surface area contributed by atoms with Gasteiger partial charge in [-0.2, -0.15) is 0 Å². The number of nitrogens with two attached hydrogens (primary N) is 1. The van der Waals surface area contributed by atoms with Crippen LogP contribution in [0, 0.1) is 12.8 Å². The first-order valence-corrected chi connectivity index (χ1v) is 6.49. The molecule has 0 spiro atoms. The van der Waals surface area contributed by atoms with E-state index < -0.39 is 0 Å². The Morgan fingerprint density at radius 2 is 2.00 bits per heavy atom. The minimum atomic E-state index is 0.217. The Labute approximate surface area is 102 Å². The number of hydrogen-bond donors (Lipinski definition) is 1. The molecule has 3 rings (SSSR count). The summed E-state index contributed by atoms with van der Waals surface area (Å²) in [5, 5.41) is 1.34. The van der Waals surface area contributed by atoms with Crippen LogP contribution >= 0.6 is 0 Å². The maximum atomic E-state index is 6.47. The van der Waals surface area contributed by atoms with Crippen LogP contribution in [0.25, 0.3) is 10.9 Å². The van der Waals surface area contributed by atoms with Gasteiger partial charge in [0.2, 0.25) is 0 Å². The van der Waals surface area contributed by atoms with Crippen molar-refractivity contribution >= 4 is 10.9 Å². The van der Waals surface area contributed by atoms with Crippen LogP contribution in [0.2, 0.25) is 0 Å². The van der Waals surface area contributed by atoms with Crippen LogP contribution in [0.1, 0.15) is 36.6 Å². The summed E-state index contributed by atoms with van der Waals surface area (Å²) < 4.78 is 2.27. The van der Waals surface area contributed by atoms with Gasteiger partial charge in [0.15, 0.2) is 0 Å². The molecule has 1 aliphatic rings. The molecule has 0 bridgehead atoms. The zero-order valence-electron chi connectivity index (χ0n) is 10.6. The largest absolute Gasteiger partial charge is 0.348 e. The van der Waals surface area contributed by atoms with Crippen molar-refractivity contribution in [3.63, 3.8) is 0 Å². The third-order valence-corrected chi connectivity index (χ3v) is 4.44. The lowest BCUT2D eigenvalue weighted by atomic mass is 9.77. The number of para-hydroxylation sites is 1. The SMILES string of the molecule is Cc1c(C(N)C2CCC2)c2ccccc2n1C. The highest BCUT2D eigenvalue weighted by Crippen LogP contribution is 2.40. The predicted octanol–water partition coefficient (Wildman–Crippen LogP) is 3.29. The zero-order valence-corrected chi connectivity index (χ0v) is 10.6. The Kier molecular flexibility index (Phi) is 2.48. The van der Waals surface area contributed by atoms with Crippen molar-refractivity contribution in [1.29, 1.82) is 0 Å². The van der Waals surface area contributed by atoms with Crippen LogP contribution in [0.15, 0.2) is 24.3 Å². The van der Waals surface area contributed by atoms with Gasteiger partial charge >= 0.3 is 0 Å². The van der Waals surface area contributed by atoms with Gasteiger partial charge in [-0.3, -0.25) is 0 Å². The summed E-state index contributed by atoms with van der Waals surface area (Å²) in [7, 11) is 2.13. The fraction of sp³-hybridized carbons (Fsp3) is 0.467. The molecule has 0 radical (unpaired) electrons. The summed E-state index contributed by atoms with van der Waals surface area (Å²) in [4.78, 5) is 0. The topological polar surface area (TPSA) is 30.9 Å². The molecule has 1 fully saturated rings. The van der Waals surface area contributed by atoms with Crippen LogP contribution in [0.3, 0.4) is 0 Å². The van der Waals surface area contributed by atoms with Crippen LogP contribution in [0.4, 0.5) is 0 Å². The molecule has 1 aromatic carbocycles. The first kappa shape index (κ1) is 10.8. The van der Waals surface area contributed by atoms with E-state index in [4.69, 9.17) is 5.73 Å². The second kappa shape index (κ2) is 3.88. The van der Waals surface area contributed by atoms with E-state index in [1.807, 2.05) is 0 Å². The number of nitrogens with zero attached hydrogens (tertiary/aromatic N) is 1. The summed E-state index contributed by atoms with van der Waals surface area (Å²) >= 11 is 0. The maximum absolute atomic E-state index is 6.47. The molecule has 1 unspecified atom stereocenters. The number of benzene rings is 1. The highest BCUT2D eigenvalue weighted by molar-refractivity contribution is 5.86. The highest BCUT2D eigenvalue weighted by Gasteiger charge is 2.29. The van der Waals surface area contributed by atoms with E-state index in [2.05, 4.69) is 42.8 Å². The van der Waals surface area contributed by atoms with Gasteiger partial charge in [-0.15, -0.1) is 0 Å². The van der Waals surface area contributed by atoms with Crippen molar-refractivity contribution in [3.05, 3.63) is 35.5 Å². The Bertz CT molecular complexity index is 549. The molecular formula is C15H20N2. The van der Waals surface area contributed by atoms with Crippen molar-refractivity contribution < 1.29 is 0 Å². The molecule has 1 saturated carbocycles. The second-order valence-corrected chi connectivity index (χ2v) is 5.29. The van der Waals surface area contributed by atoms with Gasteiger partial charge < -0.3 is 10.3 Å². The zero-order chi connectivity index (χ0) is 12.0. The van der Waals surface area contributed by atoms with Gasteiger partial charge in [-0.1, -0.05) is 24.6 Å². The lowest BCUT2D eigenvalue weighted by molar-refractivity contribution is 0.264. The van der Waals surface area contributed by atoms with Gasteiger partial charge in [0.1, 0.15) is 0 Å². The van der Waals surface area contributed by atoms with E-state index >= 15 is 0 Å². The number of aryl methyl sites for hydroxylation is 1. The van der Waals surface area contributed by atoms with E-state index in [0.29, 0.717) is 5.92 Å². The first-order chi connectivity index (χ1) is 8.20. The van der Waals surface area contributed by atoms with Crippen molar-refractivity contribution in [2.45, 2.75) is 32.2 Å². The fourth-order valence-electron chi connectivity index (χ4n) is 3.01. The molecule has 1 aliphatic carbocycles. The first-order valence-electron chi connectivity index (χ1n) is 6.49. The van der Waals surface area contributed by atoms with Gasteiger partial charge in [-0.25, -0.2) is 0 Å². The molecule has 2 nitrogen and oxygen atoms in total. The fourth-order valence-corrected chi connectivity index (χ4v) is 3.01. The lowest BCUT2D eigenvalue weighted by Crippen LogP contribution is -2.27. The third kappa shape index (κ3) is 1.51. The number of rotatable bonds is 2. The van der Waals surface area contributed by atoms with Gasteiger partial charge in [0, 0.05) is 29.7 Å². The van der Waals surface area contributed by atoms with Crippen molar-refractivity contribution in [2.75, 3.05) is 0 Å². The lowest BCUT2D eigenvalue weighted by Gasteiger charge is -2.31. The van der Waals surface area contributed by atoms with E-state index in [1.165, 1.54) is 41.4 Å². The maximum Gasteiger partial charge on any atom is 0.0483 e. The Hall–Kier alpha value is -1.28. The summed E-state index contributed by atoms with van der Waals surface area (Å²) in [6.45, 7) is 2.19. The average molecular weight is 228 g/mol. The molecule has 2 N–H and O–H groups in total. The van der Waals surface area contributed by atoms with Crippen LogP contribution in [-0.2, 0) is 7.05 Å². The van der Waals surface area contributed by atoms with E-state index in [9.17, 15) is 0 Å². The second-order valence-electron chi connectivity index (χ2n) is 5.29. The van der Waals surface area contributed by atoms with Crippen molar-refractivity contribution in [1.82, 2.24) is 4.57 Å². The molecule has 1 aromatic heterocycles. The summed E-state index contributed by atoms with van der Waals surface area (Å²) in [6, 6.07) is 8.81. The monoisotopic (exact) mass is 228 g/mol. The number of fused-ring (bicyclic) bond motifs is 1. The normalized spacial score (nSPS) is 18.3. The van der Waals surface area contributed by atoms with Gasteiger partial charge in [-0.05, 0) is 37.3 Å². The van der Waals surface area contributed by atoms with E-state index in [-0.39, 0.29) is 6.04 Å². The van der Waals surface area contributed by atoms with Crippen LogP contribution in [0.5, 0.6) is 0 Å². The van der Waals surface area contributed by atoms with Crippen molar-refractivity contribution in [2.24, 2.45) is 18.7 Å². The highest BCUT2D eigenvalue weighted by atomic mass is 15.0. The standard InChI is InChI=1S/C15H20N2/c1-10-14(15(16)11-6-5-7-11)12-8-3-4-9-13(12)17(10)2/h3-4,8-9,11,15H,5-7,16H2,1-2H3. The van der Waals surface area contributed by atoms with Crippen LogP contribution in [-0.4, -0.2) is 4.57 Å². The molecule has 2 aromatic rings. The minimum absolute atomic E-state index is 0.217. The predicted molar refractivity (Wildman–Crippen MR) is 71.9 cm³/mol. The smallest absolute Gasteiger partial charge is 0.0483 e. The molecule has 17 heavy (non-hydrogen) atoms. The molecule has 90 valence electrons. The molecule has 1 heterocycles. The summed E-state index contributed by atoms with van der Waals surface area (Å²) in [5.41, 5.74) is 10.5. The summed E-state index contributed by atoms with van der Waals surface area (Å²) in [5.74, 6) is 0.694.